The van der Waals surface area contributed by atoms with Crippen LogP contribution < -0.4 is 5.32 Å². The van der Waals surface area contributed by atoms with Crippen LogP contribution in [0.4, 0.5) is 0 Å². The Hall–Kier alpha value is -4.69. The minimum atomic E-state index is -3.95. The zero-order chi connectivity index (χ0) is 29.8. The lowest BCUT2D eigenvalue weighted by atomic mass is 9.73. The molecule has 0 aromatic heterocycles. The monoisotopic (exact) mass is 556 g/mol. The van der Waals surface area contributed by atoms with Crippen molar-refractivity contribution in [1.82, 2.24) is 5.32 Å². The Labute approximate surface area is 235 Å². The Bertz CT molecular complexity index is 1440. The number of carbonyl (C=O) groups is 4. The number of aliphatic hydroxyl groups is 2. The van der Waals surface area contributed by atoms with Crippen molar-refractivity contribution in [3.63, 3.8) is 0 Å². The van der Waals surface area contributed by atoms with E-state index in [2.05, 4.69) is 23.5 Å². The van der Waals surface area contributed by atoms with Crippen LogP contribution in [0, 0.1) is 11.3 Å². The number of fused-ring (bicyclic) bond motifs is 3. The maximum absolute atomic E-state index is 12.6. The first-order valence-electron chi connectivity index (χ1n) is 12.9. The van der Waals surface area contributed by atoms with Crippen molar-refractivity contribution in [3.05, 3.63) is 107 Å². The van der Waals surface area contributed by atoms with Gasteiger partial charge in [-0.2, -0.15) is 5.26 Å². The standard InChI is InChI=1S/C18H14O8.C13H14N2/c19-13(11-7-3-1-4-8-11)17(25,15(21)22)18(26,16(23)24)14(20)12-9-5-2-6-10-12;14-8-9-3-4-10-7-13-11(12(10)6-9)2-1-5-15-13/h1-10,25-26H,(H,21,22)(H,23,24);3-4,6,11,13,15H,1-2,5,7H2. The number of nitriles is 1. The van der Waals surface area contributed by atoms with Crippen LogP contribution in [-0.2, 0) is 16.0 Å². The number of ketones is 2. The number of benzene rings is 3. The fourth-order valence-electron chi connectivity index (χ4n) is 5.40. The van der Waals surface area contributed by atoms with Gasteiger partial charge in [-0.15, -0.1) is 0 Å². The summed E-state index contributed by atoms with van der Waals surface area (Å²) in [6.45, 7) is 1.15. The van der Waals surface area contributed by atoms with E-state index in [4.69, 9.17) is 5.26 Å². The van der Waals surface area contributed by atoms with Crippen molar-refractivity contribution in [2.45, 2.75) is 42.4 Å². The molecule has 1 heterocycles. The van der Waals surface area contributed by atoms with Crippen LogP contribution in [0.2, 0.25) is 0 Å². The molecule has 3 aromatic carbocycles. The van der Waals surface area contributed by atoms with Gasteiger partial charge in [0.05, 0.1) is 11.6 Å². The van der Waals surface area contributed by atoms with Gasteiger partial charge in [0, 0.05) is 17.2 Å². The average Bonchev–Trinajstić information content (AvgIpc) is 3.38. The van der Waals surface area contributed by atoms with Gasteiger partial charge < -0.3 is 25.7 Å². The smallest absolute Gasteiger partial charge is 0.348 e. The van der Waals surface area contributed by atoms with Gasteiger partial charge in [0.1, 0.15) is 0 Å². The van der Waals surface area contributed by atoms with Gasteiger partial charge >= 0.3 is 11.9 Å². The molecule has 0 bridgehead atoms. The van der Waals surface area contributed by atoms with Crippen molar-refractivity contribution in [1.29, 1.82) is 5.26 Å². The van der Waals surface area contributed by atoms with Crippen LogP contribution >= 0.6 is 0 Å². The fraction of sp³-hybridized carbons (Fsp3) is 0.258. The van der Waals surface area contributed by atoms with E-state index < -0.39 is 45.8 Å². The summed E-state index contributed by atoms with van der Waals surface area (Å²) >= 11 is 0. The Balaban J connectivity index is 0.000000216. The number of nitrogens with zero attached hydrogens (tertiary/aromatic N) is 1. The topological polar surface area (TPSA) is 185 Å². The molecule has 0 radical (unpaired) electrons. The third-order valence-electron chi connectivity index (χ3n) is 7.57. The molecule has 10 heteroatoms. The average molecular weight is 557 g/mol. The molecular formula is C31H28N2O8. The van der Waals surface area contributed by atoms with Gasteiger partial charge in [0.25, 0.3) is 11.2 Å². The summed E-state index contributed by atoms with van der Waals surface area (Å²) in [6.07, 6.45) is 3.68. The SMILES string of the molecule is N#Cc1ccc2c(c1)C1CCCNC1C2.O=C(O)C(O)(C(=O)c1ccccc1)C(O)(C(=O)O)C(=O)c1ccccc1. The molecule has 1 saturated heterocycles. The van der Waals surface area contributed by atoms with E-state index in [1.165, 1.54) is 60.4 Å². The quantitative estimate of drug-likeness (QED) is 0.214. The minimum Gasteiger partial charge on any atom is -0.479 e. The number of carboxylic acids is 2. The Morgan fingerprint density at radius 3 is 1.78 bits per heavy atom. The van der Waals surface area contributed by atoms with Gasteiger partial charge in [-0.3, -0.25) is 9.59 Å². The number of rotatable bonds is 7. The summed E-state index contributed by atoms with van der Waals surface area (Å²) in [5, 5.41) is 52.3. The van der Waals surface area contributed by atoms with Crippen LogP contribution in [0.5, 0.6) is 0 Å². The van der Waals surface area contributed by atoms with Gasteiger partial charge in [-0.05, 0) is 55.0 Å². The molecule has 2 aliphatic rings. The number of carboxylic acid groups (broad SMARTS) is 2. The van der Waals surface area contributed by atoms with Crippen molar-refractivity contribution in [2.24, 2.45) is 0 Å². The number of aliphatic carboxylic acids is 2. The van der Waals surface area contributed by atoms with Crippen LogP contribution in [0.3, 0.4) is 0 Å². The van der Waals surface area contributed by atoms with Crippen LogP contribution in [0.15, 0.2) is 78.9 Å². The molecule has 5 rings (SSSR count). The molecule has 4 atom stereocenters. The Morgan fingerprint density at radius 1 is 0.805 bits per heavy atom. The molecule has 210 valence electrons. The normalized spacial score (nSPS) is 19.9. The number of Topliss-reactive ketones (excluding diaryl/α,β-unsaturated/α-hetero) is 2. The highest BCUT2D eigenvalue weighted by Crippen LogP contribution is 2.38. The lowest BCUT2D eigenvalue weighted by Crippen LogP contribution is -2.71. The van der Waals surface area contributed by atoms with Gasteiger partial charge in [0.2, 0.25) is 11.6 Å². The number of piperidine rings is 1. The molecule has 1 aliphatic carbocycles. The van der Waals surface area contributed by atoms with Gasteiger partial charge in [0.15, 0.2) is 0 Å². The number of carbonyl (C=O) groups excluding carboxylic acids is 2. The highest BCUT2D eigenvalue weighted by molar-refractivity contribution is 6.28. The third kappa shape index (κ3) is 5.26. The van der Waals surface area contributed by atoms with Gasteiger partial charge in [-0.25, -0.2) is 9.59 Å². The van der Waals surface area contributed by atoms with E-state index >= 15 is 0 Å². The predicted octanol–water partition coefficient (Wildman–Crippen LogP) is 2.33. The number of hydrogen-bond donors (Lipinski definition) is 5. The molecule has 3 aromatic rings. The molecule has 1 fully saturated rings. The molecule has 0 amide bonds. The first kappa shape index (κ1) is 29.3. The van der Waals surface area contributed by atoms with E-state index in [0.717, 1.165) is 42.8 Å². The van der Waals surface area contributed by atoms with Crippen LogP contribution in [-0.4, -0.2) is 67.7 Å². The number of nitrogens with one attached hydrogen (secondary N) is 1. The number of hydrogen-bond acceptors (Lipinski definition) is 8. The first-order chi connectivity index (χ1) is 19.5. The summed E-state index contributed by atoms with van der Waals surface area (Å²) in [4.78, 5) is 48.5. The van der Waals surface area contributed by atoms with E-state index in [1.807, 2.05) is 6.07 Å². The van der Waals surface area contributed by atoms with Crippen molar-refractivity contribution >= 4 is 23.5 Å². The lowest BCUT2D eigenvalue weighted by molar-refractivity contribution is -0.187. The van der Waals surface area contributed by atoms with Crippen molar-refractivity contribution < 1.29 is 39.6 Å². The predicted molar refractivity (Wildman–Crippen MR) is 145 cm³/mol. The van der Waals surface area contributed by atoms with E-state index in [9.17, 15) is 39.6 Å². The molecule has 0 spiro atoms. The third-order valence-corrected chi connectivity index (χ3v) is 7.57. The van der Waals surface area contributed by atoms with E-state index in [-0.39, 0.29) is 0 Å². The fourth-order valence-corrected chi connectivity index (χ4v) is 5.40. The maximum atomic E-state index is 12.6. The minimum absolute atomic E-state index is 0.391. The summed E-state index contributed by atoms with van der Waals surface area (Å²) in [6, 6.07) is 21.8. The lowest BCUT2D eigenvalue weighted by Gasteiger charge is -2.34. The molecule has 5 N–H and O–H groups in total. The van der Waals surface area contributed by atoms with E-state index in [1.54, 1.807) is 0 Å². The summed E-state index contributed by atoms with van der Waals surface area (Å²) in [5.41, 5.74) is -5.01. The summed E-state index contributed by atoms with van der Waals surface area (Å²) in [7, 11) is 0. The maximum Gasteiger partial charge on any atom is 0.348 e. The highest BCUT2D eigenvalue weighted by atomic mass is 16.5. The molecule has 10 nitrogen and oxygen atoms in total. The molecule has 0 saturated carbocycles. The second kappa shape index (κ2) is 11.8. The second-order valence-corrected chi connectivity index (χ2v) is 9.96. The zero-order valence-corrected chi connectivity index (χ0v) is 21.9. The van der Waals surface area contributed by atoms with Crippen molar-refractivity contribution in [3.8, 4) is 6.07 Å². The first-order valence-corrected chi connectivity index (χ1v) is 12.9. The highest BCUT2D eigenvalue weighted by Gasteiger charge is 2.69. The summed E-state index contributed by atoms with van der Waals surface area (Å²) < 4.78 is 0. The Kier molecular flexibility index (Phi) is 8.44. The van der Waals surface area contributed by atoms with Crippen LogP contribution in [0.25, 0.3) is 0 Å². The summed E-state index contributed by atoms with van der Waals surface area (Å²) in [5.74, 6) is -7.37. The molecule has 4 unspecified atom stereocenters. The molecular weight excluding hydrogens is 528 g/mol. The molecule has 1 aliphatic heterocycles. The Morgan fingerprint density at radius 2 is 1.32 bits per heavy atom. The largest absolute Gasteiger partial charge is 0.479 e. The second-order valence-electron chi connectivity index (χ2n) is 9.96. The van der Waals surface area contributed by atoms with Gasteiger partial charge in [-0.1, -0.05) is 66.7 Å². The van der Waals surface area contributed by atoms with Crippen LogP contribution in [0.1, 0.15) is 56.2 Å². The molecule has 41 heavy (non-hydrogen) atoms. The van der Waals surface area contributed by atoms with Crippen molar-refractivity contribution in [2.75, 3.05) is 6.54 Å². The zero-order valence-electron chi connectivity index (χ0n) is 21.9. The van der Waals surface area contributed by atoms with E-state index in [0.29, 0.717) is 12.0 Å².